The highest BCUT2D eigenvalue weighted by Gasteiger charge is 2.41. The second-order valence-electron chi connectivity index (χ2n) is 4.61. The number of thiocarbonyl (C=S) groups is 1. The highest BCUT2D eigenvalue weighted by molar-refractivity contribution is 7.98. The molecule has 0 aromatic carbocycles. The Balaban J connectivity index is 2.63. The fourth-order valence-corrected chi connectivity index (χ4v) is 4.15. The zero-order valence-corrected chi connectivity index (χ0v) is 12.6. The fraction of sp³-hybridized carbons (Fsp3) is 0.750. The van der Waals surface area contributed by atoms with E-state index in [4.69, 9.17) is 12.2 Å². The Morgan fingerprint density at radius 3 is 2.94 bits per heavy atom. The second kappa shape index (κ2) is 7.21. The average Bonchev–Trinajstić information content (AvgIpc) is 2.67. The Labute approximate surface area is 116 Å². The minimum atomic E-state index is -2.62. The molecule has 2 atom stereocenters. The van der Waals surface area contributed by atoms with Crippen molar-refractivity contribution in [1.29, 1.82) is 0 Å². The molecule has 0 spiro atoms. The van der Waals surface area contributed by atoms with Crippen LogP contribution in [0.15, 0.2) is 12.7 Å². The van der Waals surface area contributed by atoms with Crippen molar-refractivity contribution in [2.75, 3.05) is 24.6 Å². The molecule has 0 radical (unpaired) electrons. The van der Waals surface area contributed by atoms with E-state index >= 15 is 0 Å². The molecule has 1 aliphatic rings. The zero-order chi connectivity index (χ0) is 13.6. The lowest BCUT2D eigenvalue weighted by atomic mass is 10.2. The van der Waals surface area contributed by atoms with E-state index in [0.29, 0.717) is 23.2 Å². The van der Waals surface area contributed by atoms with Crippen molar-refractivity contribution in [1.82, 2.24) is 10.2 Å². The lowest BCUT2D eigenvalue weighted by molar-refractivity contribution is 0.324. The first kappa shape index (κ1) is 15.6. The predicted octanol–water partition coefficient (Wildman–Crippen LogP) is 1.89. The molecule has 0 amide bonds. The minimum Gasteiger partial charge on any atom is -0.359 e. The van der Waals surface area contributed by atoms with Crippen molar-refractivity contribution in [2.24, 2.45) is 0 Å². The predicted molar refractivity (Wildman–Crippen MR) is 81.2 cm³/mol. The molecule has 0 aromatic heterocycles. The summed E-state index contributed by atoms with van der Waals surface area (Å²) in [5.41, 5.74) is 0. The summed E-state index contributed by atoms with van der Waals surface area (Å²) in [5.74, 6) is 0.733. The minimum absolute atomic E-state index is 0.0962. The molecule has 6 heteroatoms. The first-order chi connectivity index (χ1) is 8.50. The normalized spacial score (nSPS) is 26.9. The highest BCUT2D eigenvalue weighted by atomic mass is 32.3. The molecule has 4 nitrogen and oxygen atoms in total. The zero-order valence-electron chi connectivity index (χ0n) is 10.9. The van der Waals surface area contributed by atoms with Crippen LogP contribution in [0.2, 0.25) is 0 Å². The Kier molecular flexibility index (Phi) is 6.25. The molecule has 0 saturated carbocycles. The van der Waals surface area contributed by atoms with Crippen molar-refractivity contribution < 1.29 is 8.76 Å². The summed E-state index contributed by atoms with van der Waals surface area (Å²) in [4.78, 5) is 2.07. The summed E-state index contributed by atoms with van der Waals surface area (Å²) in [6.45, 7) is 7.25. The molecule has 0 aliphatic carbocycles. The maximum absolute atomic E-state index is 11.7. The SMILES string of the molecule is C=CCNC(=S)N(CCCC)[C@@H]1CC[S+](=O)(O)C1. The first-order valence-electron chi connectivity index (χ1n) is 6.37. The summed E-state index contributed by atoms with van der Waals surface area (Å²) in [5, 5.41) is 3.78. The number of hydrogen-bond acceptors (Lipinski definition) is 2. The maximum Gasteiger partial charge on any atom is 0.216 e. The standard InChI is InChI=1S/C12H22N2O2S2/c1-3-5-8-14(12(17)13-7-4-2)11-6-9-18(15,16)10-11/h4,11H,2-3,5-10H2,1H3,(H-,13,15,16,17)/p+1/t11-/m1/s1. The van der Waals surface area contributed by atoms with Crippen LogP contribution in [-0.4, -0.2) is 45.2 Å². The van der Waals surface area contributed by atoms with E-state index in [1.54, 1.807) is 6.08 Å². The van der Waals surface area contributed by atoms with E-state index in [1.165, 1.54) is 0 Å². The van der Waals surface area contributed by atoms with Gasteiger partial charge in [-0.3, -0.25) is 0 Å². The van der Waals surface area contributed by atoms with Crippen molar-refractivity contribution in [2.45, 2.75) is 32.2 Å². The van der Waals surface area contributed by atoms with Gasteiger partial charge in [-0.2, -0.15) is 4.55 Å². The van der Waals surface area contributed by atoms with Crippen LogP contribution in [0, 0.1) is 0 Å². The monoisotopic (exact) mass is 291 g/mol. The van der Waals surface area contributed by atoms with E-state index in [0.717, 1.165) is 25.8 Å². The van der Waals surface area contributed by atoms with E-state index in [2.05, 4.69) is 23.7 Å². The lowest BCUT2D eigenvalue weighted by Crippen LogP contribution is -2.47. The molecule has 2 N–H and O–H groups in total. The second-order valence-corrected chi connectivity index (χ2v) is 7.28. The van der Waals surface area contributed by atoms with E-state index < -0.39 is 10.2 Å². The third-order valence-electron chi connectivity index (χ3n) is 3.07. The van der Waals surface area contributed by atoms with Gasteiger partial charge >= 0.3 is 0 Å². The largest absolute Gasteiger partial charge is 0.359 e. The van der Waals surface area contributed by atoms with Gasteiger partial charge in [-0.05, 0) is 18.6 Å². The Bertz CT molecular complexity index is 347. The quantitative estimate of drug-likeness (QED) is 0.445. The van der Waals surface area contributed by atoms with E-state index in [9.17, 15) is 8.76 Å². The van der Waals surface area contributed by atoms with Crippen LogP contribution >= 0.6 is 12.2 Å². The van der Waals surface area contributed by atoms with E-state index in [-0.39, 0.29) is 6.04 Å². The van der Waals surface area contributed by atoms with Gasteiger partial charge in [0.2, 0.25) is 10.2 Å². The molecular formula is C12H23N2O2S2+. The molecule has 18 heavy (non-hydrogen) atoms. The van der Waals surface area contributed by atoms with Crippen LogP contribution in [0.5, 0.6) is 0 Å². The van der Waals surface area contributed by atoms with Gasteiger partial charge in [0.15, 0.2) is 10.9 Å². The van der Waals surface area contributed by atoms with Crippen LogP contribution in [0.1, 0.15) is 26.2 Å². The molecule has 1 rings (SSSR count). The summed E-state index contributed by atoms with van der Waals surface area (Å²) in [6, 6.07) is 0.0962. The van der Waals surface area contributed by atoms with Gasteiger partial charge in [0.1, 0.15) is 5.75 Å². The van der Waals surface area contributed by atoms with Crippen LogP contribution in [0.25, 0.3) is 0 Å². The number of hydrogen-bond donors (Lipinski definition) is 2. The van der Waals surface area contributed by atoms with Gasteiger partial charge < -0.3 is 10.2 Å². The molecule has 0 aromatic rings. The van der Waals surface area contributed by atoms with E-state index in [1.807, 2.05) is 0 Å². The van der Waals surface area contributed by atoms with Gasteiger partial charge in [0, 0.05) is 19.5 Å². The fourth-order valence-electron chi connectivity index (χ4n) is 2.07. The van der Waals surface area contributed by atoms with Gasteiger partial charge in [0.05, 0.1) is 6.04 Å². The number of unbranched alkanes of at least 4 members (excludes halogenated alkanes) is 1. The lowest BCUT2D eigenvalue weighted by Gasteiger charge is -2.29. The van der Waals surface area contributed by atoms with Crippen LogP contribution in [0.3, 0.4) is 0 Å². The Morgan fingerprint density at radius 2 is 2.44 bits per heavy atom. The van der Waals surface area contributed by atoms with Crippen LogP contribution in [-0.2, 0) is 14.4 Å². The summed E-state index contributed by atoms with van der Waals surface area (Å²) in [7, 11) is -2.62. The molecule has 1 saturated heterocycles. The Hall–Kier alpha value is -0.460. The molecule has 104 valence electrons. The van der Waals surface area contributed by atoms with Gasteiger partial charge in [-0.1, -0.05) is 23.6 Å². The smallest absolute Gasteiger partial charge is 0.216 e. The van der Waals surface area contributed by atoms with Gasteiger partial charge in [-0.15, -0.1) is 6.58 Å². The van der Waals surface area contributed by atoms with Crippen LogP contribution in [0.4, 0.5) is 0 Å². The molecule has 0 bridgehead atoms. The summed E-state index contributed by atoms with van der Waals surface area (Å²) < 4.78 is 21.3. The summed E-state index contributed by atoms with van der Waals surface area (Å²) in [6.07, 6.45) is 4.63. The summed E-state index contributed by atoms with van der Waals surface area (Å²) >= 11 is 5.36. The van der Waals surface area contributed by atoms with Gasteiger partial charge in [-0.25, -0.2) is 0 Å². The van der Waals surface area contributed by atoms with Gasteiger partial charge in [0.25, 0.3) is 0 Å². The van der Waals surface area contributed by atoms with Crippen molar-refractivity contribution in [3.8, 4) is 0 Å². The third-order valence-corrected chi connectivity index (χ3v) is 5.23. The number of rotatable bonds is 6. The molecule has 1 fully saturated rings. The van der Waals surface area contributed by atoms with Crippen molar-refractivity contribution in [3.05, 3.63) is 12.7 Å². The highest BCUT2D eigenvalue weighted by Crippen LogP contribution is 2.22. The van der Waals surface area contributed by atoms with Crippen molar-refractivity contribution in [3.63, 3.8) is 0 Å². The third kappa shape index (κ3) is 4.66. The number of nitrogens with zero attached hydrogens (tertiary/aromatic N) is 1. The van der Waals surface area contributed by atoms with Crippen molar-refractivity contribution >= 4 is 27.5 Å². The maximum atomic E-state index is 11.7. The van der Waals surface area contributed by atoms with Crippen LogP contribution < -0.4 is 5.32 Å². The molecular weight excluding hydrogens is 268 g/mol. The molecule has 1 unspecified atom stereocenters. The topological polar surface area (TPSA) is 52.6 Å². The molecule has 1 aliphatic heterocycles. The Morgan fingerprint density at radius 1 is 1.72 bits per heavy atom. The number of nitrogens with one attached hydrogen (secondary N) is 1. The average molecular weight is 291 g/mol. The first-order valence-corrected chi connectivity index (χ1v) is 8.63. The molecule has 1 heterocycles.